The molecular weight excluding hydrogens is 188 g/mol. The third kappa shape index (κ3) is 7.45. The highest BCUT2D eigenvalue weighted by molar-refractivity contribution is 7.74. The molecule has 12 heavy (non-hydrogen) atoms. The zero-order valence-corrected chi connectivity index (χ0v) is 7.33. The minimum atomic E-state index is -2.32. The first-order valence-corrected chi connectivity index (χ1v) is 4.23. The van der Waals surface area contributed by atoms with E-state index in [9.17, 15) is 9.00 Å². The van der Waals surface area contributed by atoms with E-state index >= 15 is 0 Å². The van der Waals surface area contributed by atoms with E-state index in [2.05, 4.69) is 13.7 Å². The largest absolute Gasteiger partial charge is 0.508 e. The highest BCUT2D eigenvalue weighted by atomic mass is 32.2. The minimum Gasteiger partial charge on any atom is -0.435 e. The lowest BCUT2D eigenvalue weighted by atomic mass is 10.8. The van der Waals surface area contributed by atoms with E-state index in [0.717, 1.165) is 0 Å². The molecule has 0 aromatic rings. The molecular formula is C5H10O6S. The summed E-state index contributed by atoms with van der Waals surface area (Å²) in [6.45, 7) is 1.62. The zero-order valence-electron chi connectivity index (χ0n) is 6.52. The van der Waals surface area contributed by atoms with Crippen LogP contribution in [0.25, 0.3) is 0 Å². The Morgan fingerprint density at radius 2 is 2.08 bits per heavy atom. The molecule has 0 aliphatic rings. The Labute approximate surface area is 72.3 Å². The molecule has 0 bridgehead atoms. The molecule has 0 aromatic carbocycles. The highest BCUT2D eigenvalue weighted by Crippen LogP contribution is 1.86. The lowest BCUT2D eigenvalue weighted by Gasteiger charge is -2.02. The maximum Gasteiger partial charge on any atom is 0.508 e. The lowest BCUT2D eigenvalue weighted by molar-refractivity contribution is 0.0498. The summed E-state index contributed by atoms with van der Waals surface area (Å²) < 4.78 is 30.9. The van der Waals surface area contributed by atoms with Gasteiger partial charge >= 0.3 is 17.5 Å². The Hall–Kier alpha value is -0.660. The summed E-state index contributed by atoms with van der Waals surface area (Å²) in [5.74, 6) is 0. The van der Waals surface area contributed by atoms with Crippen LogP contribution in [0, 0.1) is 0 Å². The van der Waals surface area contributed by atoms with Crippen LogP contribution in [0.3, 0.4) is 0 Å². The molecule has 72 valence electrons. The Balaban J connectivity index is 3.19. The van der Waals surface area contributed by atoms with Crippen LogP contribution in [0.15, 0.2) is 0 Å². The van der Waals surface area contributed by atoms with Crippen LogP contribution in [0.2, 0.25) is 0 Å². The molecule has 0 aromatic heterocycles. The van der Waals surface area contributed by atoms with Gasteiger partial charge in [0.05, 0.1) is 6.61 Å². The first kappa shape index (κ1) is 11.3. The van der Waals surface area contributed by atoms with Crippen molar-refractivity contribution in [1.82, 2.24) is 0 Å². The fraction of sp³-hybridized carbons (Fsp3) is 0.800. The zero-order chi connectivity index (χ0) is 9.40. The van der Waals surface area contributed by atoms with Crippen LogP contribution in [0.4, 0.5) is 4.79 Å². The summed E-state index contributed by atoms with van der Waals surface area (Å²) in [4.78, 5) is 10.4. The van der Waals surface area contributed by atoms with Gasteiger partial charge < -0.3 is 9.47 Å². The van der Waals surface area contributed by atoms with Crippen molar-refractivity contribution < 1.29 is 27.2 Å². The number of ether oxygens (including phenoxy) is 2. The highest BCUT2D eigenvalue weighted by Gasteiger charge is 2.01. The summed E-state index contributed by atoms with van der Waals surface area (Å²) in [6, 6.07) is 0. The Bertz CT molecular complexity index is 158. The molecule has 6 nitrogen and oxygen atoms in total. The van der Waals surface area contributed by atoms with Crippen molar-refractivity contribution in [3.8, 4) is 0 Å². The van der Waals surface area contributed by atoms with Gasteiger partial charge in [0.1, 0.15) is 13.2 Å². The molecule has 0 heterocycles. The SMILES string of the molecule is CCOC(=O)OCCOS(=O)O. The Morgan fingerprint density at radius 3 is 2.58 bits per heavy atom. The van der Waals surface area contributed by atoms with Crippen molar-refractivity contribution in [1.29, 1.82) is 0 Å². The number of hydrogen-bond acceptors (Lipinski definition) is 5. The lowest BCUT2D eigenvalue weighted by Crippen LogP contribution is -2.12. The van der Waals surface area contributed by atoms with Gasteiger partial charge in [-0.05, 0) is 6.92 Å². The summed E-state index contributed by atoms with van der Waals surface area (Å²) in [7, 11) is 0. The number of rotatable bonds is 5. The van der Waals surface area contributed by atoms with Crippen molar-refractivity contribution in [2.75, 3.05) is 19.8 Å². The number of carbonyl (C=O) groups excluding carboxylic acids is 1. The molecule has 0 amide bonds. The number of carbonyl (C=O) groups is 1. The van der Waals surface area contributed by atoms with Crippen LogP contribution in [0.5, 0.6) is 0 Å². The second-order valence-corrected chi connectivity index (χ2v) is 2.24. The number of hydrogen-bond donors (Lipinski definition) is 1. The maximum atomic E-state index is 10.4. The topological polar surface area (TPSA) is 82.1 Å². The van der Waals surface area contributed by atoms with Crippen molar-refractivity contribution in [2.24, 2.45) is 0 Å². The van der Waals surface area contributed by atoms with E-state index in [0.29, 0.717) is 0 Å². The minimum absolute atomic E-state index is 0.106. The fourth-order valence-electron chi connectivity index (χ4n) is 0.390. The molecule has 1 unspecified atom stereocenters. The van der Waals surface area contributed by atoms with E-state index in [1.54, 1.807) is 6.92 Å². The molecule has 0 rings (SSSR count). The van der Waals surface area contributed by atoms with Gasteiger partial charge in [-0.2, -0.15) is 4.21 Å². The Kier molecular flexibility index (Phi) is 6.63. The average Bonchev–Trinajstić information content (AvgIpc) is 1.98. The van der Waals surface area contributed by atoms with Gasteiger partial charge in [0, 0.05) is 0 Å². The standard InChI is InChI=1S/C5H10O6S/c1-2-9-5(6)10-3-4-11-12(7)8/h2-4H2,1H3,(H,7,8). The fourth-order valence-corrected chi connectivity index (χ4v) is 0.600. The predicted octanol–water partition coefficient (Wildman–Crippen LogP) is 0.313. The van der Waals surface area contributed by atoms with Gasteiger partial charge in [-0.3, -0.25) is 8.74 Å². The molecule has 0 aliphatic heterocycles. The third-order valence-corrected chi connectivity index (χ3v) is 1.12. The van der Waals surface area contributed by atoms with Crippen LogP contribution in [-0.2, 0) is 25.0 Å². The van der Waals surface area contributed by atoms with Crippen LogP contribution >= 0.6 is 0 Å². The molecule has 0 aliphatic carbocycles. The Morgan fingerprint density at radius 1 is 1.42 bits per heavy atom. The average molecular weight is 198 g/mol. The summed E-state index contributed by atoms with van der Waals surface area (Å²) >= 11 is -2.32. The van der Waals surface area contributed by atoms with E-state index in [4.69, 9.17) is 4.55 Å². The first-order valence-electron chi connectivity index (χ1n) is 3.20. The smallest absolute Gasteiger partial charge is 0.435 e. The molecule has 0 saturated heterocycles. The van der Waals surface area contributed by atoms with Gasteiger partial charge in [-0.15, -0.1) is 0 Å². The van der Waals surface area contributed by atoms with E-state index in [-0.39, 0.29) is 19.8 Å². The van der Waals surface area contributed by atoms with Crippen molar-refractivity contribution in [3.05, 3.63) is 0 Å². The van der Waals surface area contributed by atoms with Crippen LogP contribution in [0.1, 0.15) is 6.92 Å². The van der Waals surface area contributed by atoms with Crippen LogP contribution in [-0.4, -0.2) is 34.7 Å². The molecule has 0 spiro atoms. The summed E-state index contributed by atoms with van der Waals surface area (Å²) in [5.41, 5.74) is 0. The van der Waals surface area contributed by atoms with E-state index in [1.165, 1.54) is 0 Å². The van der Waals surface area contributed by atoms with E-state index in [1.807, 2.05) is 0 Å². The second kappa shape index (κ2) is 7.01. The monoisotopic (exact) mass is 198 g/mol. The van der Waals surface area contributed by atoms with Crippen molar-refractivity contribution in [2.45, 2.75) is 6.92 Å². The van der Waals surface area contributed by atoms with Gasteiger partial charge in [-0.25, -0.2) is 4.79 Å². The van der Waals surface area contributed by atoms with Crippen molar-refractivity contribution in [3.63, 3.8) is 0 Å². The van der Waals surface area contributed by atoms with Gasteiger partial charge in [0.25, 0.3) is 0 Å². The molecule has 1 atom stereocenters. The van der Waals surface area contributed by atoms with Crippen molar-refractivity contribution >= 4 is 17.5 Å². The second-order valence-electron chi connectivity index (χ2n) is 1.57. The molecule has 0 radical (unpaired) electrons. The van der Waals surface area contributed by atoms with Gasteiger partial charge in [-0.1, -0.05) is 0 Å². The normalized spacial score (nSPS) is 12.2. The quantitative estimate of drug-likeness (QED) is 0.389. The first-order chi connectivity index (χ1) is 5.66. The maximum absolute atomic E-state index is 10.4. The summed E-state index contributed by atoms with van der Waals surface area (Å²) in [5, 5.41) is 0. The predicted molar refractivity (Wildman–Crippen MR) is 39.7 cm³/mol. The third-order valence-electron chi connectivity index (χ3n) is 0.750. The van der Waals surface area contributed by atoms with Gasteiger partial charge in [0.2, 0.25) is 0 Å². The molecule has 0 saturated carbocycles. The van der Waals surface area contributed by atoms with Crippen LogP contribution < -0.4 is 0 Å². The molecule has 7 heteroatoms. The molecule has 1 N–H and O–H groups in total. The van der Waals surface area contributed by atoms with Gasteiger partial charge in [0.15, 0.2) is 0 Å². The van der Waals surface area contributed by atoms with E-state index < -0.39 is 17.5 Å². The molecule has 0 fully saturated rings. The summed E-state index contributed by atoms with van der Waals surface area (Å²) in [6.07, 6.45) is -0.815.